The van der Waals surface area contributed by atoms with Crippen molar-refractivity contribution in [3.05, 3.63) is 117 Å². The summed E-state index contributed by atoms with van der Waals surface area (Å²) in [6.07, 6.45) is 2.78. The van der Waals surface area contributed by atoms with Crippen molar-refractivity contribution < 1.29 is 32.6 Å². The molecule has 10 nitrogen and oxygen atoms in total. The van der Waals surface area contributed by atoms with Crippen molar-refractivity contribution in [3.8, 4) is 22.7 Å². The molecule has 2 aromatic heterocycles. The number of nitrogens with zero attached hydrogens (tertiary/aromatic N) is 4. The van der Waals surface area contributed by atoms with E-state index < -0.39 is 47.4 Å². The van der Waals surface area contributed by atoms with Gasteiger partial charge in [-0.05, 0) is 36.8 Å². The minimum atomic E-state index is -1.20. The average Bonchev–Trinajstić information content (AvgIpc) is 3.60. The first-order valence-corrected chi connectivity index (χ1v) is 14.1. The number of para-hydroxylation sites is 1. The summed E-state index contributed by atoms with van der Waals surface area (Å²) < 4.78 is 51.1. The number of halogens is 2. The third-order valence-electron chi connectivity index (χ3n) is 8.50. The van der Waals surface area contributed by atoms with Gasteiger partial charge in [0.25, 0.3) is 12.2 Å². The van der Waals surface area contributed by atoms with Crippen LogP contribution in [0, 0.1) is 11.6 Å². The van der Waals surface area contributed by atoms with Gasteiger partial charge in [0, 0.05) is 47.8 Å². The van der Waals surface area contributed by atoms with E-state index in [4.69, 9.17) is 14.2 Å². The number of carbonyl (C=O) groups excluding carboxylic acids is 2. The molecular formula is C32H24F2N4O6. The van der Waals surface area contributed by atoms with E-state index >= 15 is 4.39 Å². The van der Waals surface area contributed by atoms with Gasteiger partial charge in [0.1, 0.15) is 12.2 Å². The molecular weight excluding hydrogens is 574 g/mol. The molecule has 222 valence electrons. The van der Waals surface area contributed by atoms with Crippen LogP contribution in [0.3, 0.4) is 0 Å². The molecule has 4 aliphatic heterocycles. The summed E-state index contributed by atoms with van der Waals surface area (Å²) in [4.78, 5) is 41.0. The molecule has 0 aliphatic carbocycles. The van der Waals surface area contributed by atoms with E-state index in [1.54, 1.807) is 36.2 Å². The summed E-state index contributed by atoms with van der Waals surface area (Å²) >= 11 is 0. The summed E-state index contributed by atoms with van der Waals surface area (Å²) in [5, 5.41) is 1.84. The largest absolute Gasteiger partial charge is 0.444 e. The van der Waals surface area contributed by atoms with Crippen LogP contribution in [-0.4, -0.2) is 58.2 Å². The smallest absolute Gasteiger partial charge is 0.336 e. The Morgan fingerprint density at radius 2 is 1.80 bits per heavy atom. The van der Waals surface area contributed by atoms with Crippen molar-refractivity contribution in [1.29, 1.82) is 0 Å². The SMILES string of the molecule is CC1=CC(Oc2c3n(ccc2=O)N(C2c4ccccc4-n4cccc4-c4c2ccc(F)c4F)[C@@H]2COCCN2C3=O)OC1=O. The van der Waals surface area contributed by atoms with Gasteiger partial charge in [-0.2, -0.15) is 0 Å². The van der Waals surface area contributed by atoms with Crippen molar-refractivity contribution in [2.24, 2.45) is 0 Å². The fraction of sp³-hybridized carbons (Fsp3) is 0.219. The summed E-state index contributed by atoms with van der Waals surface area (Å²) in [6.45, 7) is 2.14. The predicted octanol–water partition coefficient (Wildman–Crippen LogP) is 3.65. The lowest BCUT2D eigenvalue weighted by Gasteiger charge is -2.51. The summed E-state index contributed by atoms with van der Waals surface area (Å²) in [6, 6.07) is 14.1. The van der Waals surface area contributed by atoms with E-state index in [9.17, 15) is 18.8 Å². The van der Waals surface area contributed by atoms with E-state index in [0.29, 0.717) is 16.8 Å². The Morgan fingerprint density at radius 3 is 2.61 bits per heavy atom. The Kier molecular flexibility index (Phi) is 5.79. The van der Waals surface area contributed by atoms with Crippen LogP contribution in [0.2, 0.25) is 0 Å². The quantitative estimate of drug-likeness (QED) is 0.333. The lowest BCUT2D eigenvalue weighted by molar-refractivity contribution is -0.148. The van der Waals surface area contributed by atoms with Crippen LogP contribution in [-0.2, 0) is 14.3 Å². The maximum atomic E-state index is 15.9. The monoisotopic (exact) mass is 598 g/mol. The first-order valence-electron chi connectivity index (χ1n) is 14.1. The van der Waals surface area contributed by atoms with Gasteiger partial charge in [0.15, 0.2) is 17.3 Å². The maximum absolute atomic E-state index is 15.9. The number of aromatic nitrogens is 2. The highest BCUT2D eigenvalue weighted by atomic mass is 19.2. The second-order valence-corrected chi connectivity index (χ2v) is 10.9. The maximum Gasteiger partial charge on any atom is 0.336 e. The molecule has 0 bridgehead atoms. The van der Waals surface area contributed by atoms with Gasteiger partial charge in [-0.25, -0.2) is 13.6 Å². The number of ether oxygens (including phenoxy) is 3. The van der Waals surface area contributed by atoms with Crippen LogP contribution < -0.4 is 15.2 Å². The first kappa shape index (κ1) is 26.4. The molecule has 0 radical (unpaired) electrons. The minimum Gasteiger partial charge on any atom is -0.444 e. The molecule has 1 fully saturated rings. The van der Waals surface area contributed by atoms with Gasteiger partial charge in [-0.15, -0.1) is 0 Å². The number of hydrogen-bond acceptors (Lipinski definition) is 7. The number of fused-ring (bicyclic) bond motifs is 7. The number of esters is 1. The number of hydrogen-bond donors (Lipinski definition) is 0. The zero-order valence-corrected chi connectivity index (χ0v) is 23.3. The van der Waals surface area contributed by atoms with E-state index in [2.05, 4.69) is 0 Å². The van der Waals surface area contributed by atoms with Gasteiger partial charge in [-0.1, -0.05) is 24.3 Å². The van der Waals surface area contributed by atoms with Crippen molar-refractivity contribution >= 4 is 11.9 Å². The Labute approximate surface area is 248 Å². The van der Waals surface area contributed by atoms with Crippen molar-refractivity contribution in [2.75, 3.05) is 24.8 Å². The number of benzene rings is 2. The molecule has 1 saturated heterocycles. The van der Waals surface area contributed by atoms with Gasteiger partial charge in [-0.3, -0.25) is 19.3 Å². The molecule has 2 unspecified atom stereocenters. The second-order valence-electron chi connectivity index (χ2n) is 10.9. The highest BCUT2D eigenvalue weighted by Gasteiger charge is 2.47. The second kappa shape index (κ2) is 9.64. The highest BCUT2D eigenvalue weighted by molar-refractivity contribution is 5.97. The third-order valence-corrected chi connectivity index (χ3v) is 8.50. The zero-order valence-electron chi connectivity index (χ0n) is 23.3. The normalized spacial score (nSPS) is 21.8. The van der Waals surface area contributed by atoms with Gasteiger partial charge < -0.3 is 23.7 Å². The zero-order chi connectivity index (χ0) is 30.3. The Balaban J connectivity index is 1.40. The number of amides is 1. The van der Waals surface area contributed by atoms with E-state index in [1.807, 2.05) is 33.8 Å². The van der Waals surface area contributed by atoms with Crippen LogP contribution in [0.15, 0.2) is 83.4 Å². The molecule has 2 aromatic carbocycles. The number of carbonyl (C=O) groups is 2. The predicted molar refractivity (Wildman–Crippen MR) is 152 cm³/mol. The van der Waals surface area contributed by atoms with Crippen molar-refractivity contribution in [3.63, 3.8) is 0 Å². The molecule has 4 aromatic rings. The van der Waals surface area contributed by atoms with Crippen LogP contribution in [0.25, 0.3) is 16.9 Å². The van der Waals surface area contributed by atoms with Crippen LogP contribution >= 0.6 is 0 Å². The van der Waals surface area contributed by atoms with Crippen LogP contribution in [0.1, 0.15) is 34.6 Å². The molecule has 0 N–H and O–H groups in total. The molecule has 12 heteroatoms. The standard InChI is InChI=1S/C32H24F2N4O6/c1-17-15-25(44-32(17)41)43-30-23(39)10-12-37-29(30)31(40)36-13-14-42-16-24(36)38(37)28-18-5-2-3-6-21(18)35-11-4-7-22(35)26-19(28)8-9-20(33)27(26)34/h2-12,15,24-25,28H,13-14,16H2,1H3/t24-,25?,28?/m1/s1. The molecule has 6 heterocycles. The molecule has 8 rings (SSSR count). The molecule has 0 spiro atoms. The molecule has 3 atom stereocenters. The van der Waals surface area contributed by atoms with E-state index in [0.717, 1.165) is 17.3 Å². The number of morpholine rings is 1. The number of rotatable bonds is 3. The Morgan fingerprint density at radius 1 is 0.955 bits per heavy atom. The van der Waals surface area contributed by atoms with Crippen LogP contribution in [0.4, 0.5) is 8.78 Å². The average molecular weight is 599 g/mol. The molecule has 0 saturated carbocycles. The number of pyridine rings is 1. The Bertz CT molecular complexity index is 1980. The van der Waals surface area contributed by atoms with E-state index in [1.165, 1.54) is 23.0 Å². The lowest BCUT2D eigenvalue weighted by atomic mass is 9.91. The third kappa shape index (κ3) is 3.70. The summed E-state index contributed by atoms with van der Waals surface area (Å²) in [7, 11) is 0. The fourth-order valence-corrected chi connectivity index (χ4v) is 6.55. The molecule has 44 heavy (non-hydrogen) atoms. The summed E-state index contributed by atoms with van der Waals surface area (Å²) in [5.41, 5.74) is 2.09. The van der Waals surface area contributed by atoms with Crippen molar-refractivity contribution in [1.82, 2.24) is 14.1 Å². The molecule has 1 amide bonds. The Hall–Kier alpha value is -5.23. The lowest BCUT2D eigenvalue weighted by Crippen LogP contribution is -2.66. The van der Waals surface area contributed by atoms with Crippen molar-refractivity contribution in [2.45, 2.75) is 25.4 Å². The van der Waals surface area contributed by atoms with E-state index in [-0.39, 0.29) is 36.8 Å². The van der Waals surface area contributed by atoms with Gasteiger partial charge in [0.2, 0.25) is 11.2 Å². The van der Waals surface area contributed by atoms with Gasteiger partial charge >= 0.3 is 5.97 Å². The molecule has 4 aliphatic rings. The highest BCUT2D eigenvalue weighted by Crippen LogP contribution is 2.46. The summed E-state index contributed by atoms with van der Waals surface area (Å²) in [5.74, 6) is -3.36. The van der Waals surface area contributed by atoms with Gasteiger partial charge in [0.05, 0.1) is 24.6 Å². The van der Waals surface area contributed by atoms with Crippen LogP contribution in [0.5, 0.6) is 5.75 Å². The fourth-order valence-electron chi connectivity index (χ4n) is 6.55. The number of cyclic esters (lactones) is 1. The topological polar surface area (TPSA) is 95.2 Å². The minimum absolute atomic E-state index is 0.0777. The first-order chi connectivity index (χ1) is 21.3.